The van der Waals surface area contributed by atoms with Gasteiger partial charge in [0.2, 0.25) is 5.89 Å². The van der Waals surface area contributed by atoms with Gasteiger partial charge >= 0.3 is 6.03 Å². The van der Waals surface area contributed by atoms with Crippen LogP contribution in [0.5, 0.6) is 0 Å². The Bertz CT molecular complexity index is 729. The molecular formula is C17H21ClN4O3. The summed E-state index contributed by atoms with van der Waals surface area (Å²) in [5.74, 6) is 1.21. The quantitative estimate of drug-likeness (QED) is 0.901. The molecular weight excluding hydrogens is 344 g/mol. The number of carbonyl (C=O) groups is 1. The molecule has 1 aromatic heterocycles. The summed E-state index contributed by atoms with van der Waals surface area (Å²) in [6, 6.07) is 5.33. The molecule has 25 heavy (non-hydrogen) atoms. The molecule has 0 radical (unpaired) electrons. The fourth-order valence-electron chi connectivity index (χ4n) is 2.72. The van der Waals surface area contributed by atoms with Crippen LogP contribution in [0.2, 0.25) is 5.02 Å². The average molecular weight is 365 g/mol. The van der Waals surface area contributed by atoms with Gasteiger partial charge in [-0.3, -0.25) is 0 Å². The second-order valence-electron chi connectivity index (χ2n) is 5.96. The highest BCUT2D eigenvalue weighted by Gasteiger charge is 2.26. The van der Waals surface area contributed by atoms with Crippen LogP contribution in [0.3, 0.4) is 0 Å². The summed E-state index contributed by atoms with van der Waals surface area (Å²) >= 11 is 6.18. The number of nitrogens with one attached hydrogen (secondary N) is 1. The summed E-state index contributed by atoms with van der Waals surface area (Å²) in [5.41, 5.74) is 1.56. The van der Waals surface area contributed by atoms with E-state index in [0.29, 0.717) is 55.0 Å². The van der Waals surface area contributed by atoms with Crippen LogP contribution < -0.4 is 5.32 Å². The molecule has 1 aliphatic rings. The Hall–Kier alpha value is -2.12. The van der Waals surface area contributed by atoms with Gasteiger partial charge in [-0.05, 0) is 18.6 Å². The van der Waals surface area contributed by atoms with Crippen LogP contribution in [0.25, 0.3) is 0 Å². The van der Waals surface area contributed by atoms with Gasteiger partial charge in [-0.15, -0.1) is 0 Å². The van der Waals surface area contributed by atoms with Crippen molar-refractivity contribution in [2.45, 2.75) is 32.8 Å². The molecule has 1 atom stereocenters. The molecule has 0 spiro atoms. The van der Waals surface area contributed by atoms with Crippen molar-refractivity contribution in [3.8, 4) is 0 Å². The molecule has 2 heterocycles. The fraction of sp³-hybridized carbons (Fsp3) is 0.471. The molecule has 1 aromatic carbocycles. The fourth-order valence-corrected chi connectivity index (χ4v) is 2.99. The Balaban J connectivity index is 1.61. The van der Waals surface area contributed by atoms with Gasteiger partial charge in [-0.25, -0.2) is 4.79 Å². The van der Waals surface area contributed by atoms with E-state index in [1.807, 2.05) is 26.0 Å². The summed E-state index contributed by atoms with van der Waals surface area (Å²) in [7, 11) is 0. The average Bonchev–Trinajstić information content (AvgIpc) is 3.06. The normalized spacial score (nSPS) is 17.6. The number of para-hydroxylation sites is 1. The first kappa shape index (κ1) is 17.7. The van der Waals surface area contributed by atoms with E-state index in [9.17, 15) is 4.79 Å². The highest BCUT2D eigenvalue weighted by molar-refractivity contribution is 6.33. The molecule has 1 saturated heterocycles. The number of hydrogen-bond acceptors (Lipinski definition) is 5. The molecule has 0 aliphatic carbocycles. The van der Waals surface area contributed by atoms with Crippen molar-refractivity contribution < 1.29 is 14.1 Å². The van der Waals surface area contributed by atoms with Gasteiger partial charge in [0.25, 0.3) is 0 Å². The third-order valence-corrected chi connectivity index (χ3v) is 4.42. The van der Waals surface area contributed by atoms with Gasteiger partial charge in [-0.2, -0.15) is 4.98 Å². The summed E-state index contributed by atoms with van der Waals surface area (Å²) in [6.07, 6.45) is 1.05. The molecule has 134 valence electrons. The maximum absolute atomic E-state index is 12.6. The largest absolute Gasteiger partial charge is 0.374 e. The number of halogens is 1. The van der Waals surface area contributed by atoms with Crippen LogP contribution in [0.1, 0.15) is 24.2 Å². The molecule has 8 heteroatoms. The van der Waals surface area contributed by atoms with Crippen LogP contribution in [-0.2, 0) is 17.6 Å². The molecule has 1 aliphatic heterocycles. The number of rotatable bonds is 4. The molecule has 7 nitrogen and oxygen atoms in total. The van der Waals surface area contributed by atoms with Gasteiger partial charge in [0.15, 0.2) is 5.82 Å². The Kier molecular flexibility index (Phi) is 5.55. The highest BCUT2D eigenvalue weighted by atomic mass is 35.5. The van der Waals surface area contributed by atoms with E-state index < -0.39 is 0 Å². The topological polar surface area (TPSA) is 80.5 Å². The van der Waals surface area contributed by atoms with Crippen molar-refractivity contribution in [1.29, 1.82) is 0 Å². The van der Waals surface area contributed by atoms with Gasteiger partial charge in [-0.1, -0.05) is 35.8 Å². The van der Waals surface area contributed by atoms with E-state index in [0.717, 1.165) is 5.56 Å². The predicted octanol–water partition coefficient (Wildman–Crippen LogP) is 3.07. The summed E-state index contributed by atoms with van der Waals surface area (Å²) in [5, 5.41) is 7.36. The van der Waals surface area contributed by atoms with Crippen molar-refractivity contribution in [2.75, 3.05) is 25.0 Å². The number of hydrogen-bond donors (Lipinski definition) is 1. The Morgan fingerprint density at radius 1 is 1.48 bits per heavy atom. The van der Waals surface area contributed by atoms with E-state index in [-0.39, 0.29) is 12.1 Å². The van der Waals surface area contributed by atoms with E-state index in [2.05, 4.69) is 15.5 Å². The van der Waals surface area contributed by atoms with Crippen molar-refractivity contribution in [1.82, 2.24) is 15.0 Å². The van der Waals surface area contributed by atoms with Crippen LogP contribution in [0.15, 0.2) is 22.7 Å². The van der Waals surface area contributed by atoms with Gasteiger partial charge in [0.1, 0.15) is 0 Å². The third-order valence-electron chi connectivity index (χ3n) is 4.10. The second kappa shape index (κ2) is 7.84. The second-order valence-corrected chi connectivity index (χ2v) is 6.37. The molecule has 0 unspecified atom stereocenters. The van der Waals surface area contributed by atoms with Crippen LogP contribution in [0, 0.1) is 6.92 Å². The molecule has 1 fully saturated rings. The minimum Gasteiger partial charge on any atom is -0.374 e. The number of carbonyl (C=O) groups excluding carboxylic acids is 1. The predicted molar refractivity (Wildman–Crippen MR) is 93.9 cm³/mol. The zero-order valence-electron chi connectivity index (χ0n) is 14.3. The number of amides is 2. The van der Waals surface area contributed by atoms with E-state index >= 15 is 0 Å². The van der Waals surface area contributed by atoms with Gasteiger partial charge < -0.3 is 19.5 Å². The summed E-state index contributed by atoms with van der Waals surface area (Å²) < 4.78 is 10.8. The van der Waals surface area contributed by atoms with Crippen molar-refractivity contribution in [3.05, 3.63) is 40.5 Å². The van der Waals surface area contributed by atoms with E-state index in [1.165, 1.54) is 0 Å². The number of morpholine rings is 1. The van der Waals surface area contributed by atoms with Crippen molar-refractivity contribution in [3.63, 3.8) is 0 Å². The highest BCUT2D eigenvalue weighted by Crippen LogP contribution is 2.25. The standard InChI is InChI=1S/C17H21ClN4O3/c1-3-15-19-14(21-25-15)9-12-10-22(7-8-24-12)17(23)20-16-11(2)5-4-6-13(16)18/h4-6,12H,3,7-10H2,1-2H3,(H,20,23)/t12-/m0/s1. The Morgan fingerprint density at radius 2 is 2.32 bits per heavy atom. The molecule has 0 bridgehead atoms. The smallest absolute Gasteiger partial charge is 0.322 e. The minimum absolute atomic E-state index is 0.158. The number of urea groups is 1. The molecule has 2 amide bonds. The van der Waals surface area contributed by atoms with Gasteiger partial charge in [0.05, 0.1) is 23.4 Å². The first-order valence-electron chi connectivity index (χ1n) is 8.31. The number of aromatic nitrogens is 2. The zero-order valence-corrected chi connectivity index (χ0v) is 15.0. The van der Waals surface area contributed by atoms with E-state index in [4.69, 9.17) is 20.9 Å². The van der Waals surface area contributed by atoms with Gasteiger partial charge in [0, 0.05) is 25.9 Å². The number of nitrogens with zero attached hydrogens (tertiary/aromatic N) is 3. The maximum Gasteiger partial charge on any atom is 0.322 e. The van der Waals surface area contributed by atoms with Crippen LogP contribution in [0.4, 0.5) is 10.5 Å². The van der Waals surface area contributed by atoms with Crippen LogP contribution >= 0.6 is 11.6 Å². The lowest BCUT2D eigenvalue weighted by atomic mass is 10.2. The maximum atomic E-state index is 12.6. The molecule has 3 rings (SSSR count). The molecule has 1 N–H and O–H groups in total. The lowest BCUT2D eigenvalue weighted by Crippen LogP contribution is -2.48. The summed E-state index contributed by atoms with van der Waals surface area (Å²) in [6.45, 7) is 5.32. The lowest BCUT2D eigenvalue weighted by Gasteiger charge is -2.32. The van der Waals surface area contributed by atoms with Crippen molar-refractivity contribution in [2.24, 2.45) is 0 Å². The van der Waals surface area contributed by atoms with E-state index in [1.54, 1.807) is 11.0 Å². The van der Waals surface area contributed by atoms with Crippen molar-refractivity contribution >= 4 is 23.3 Å². The number of anilines is 1. The minimum atomic E-state index is -0.188. The third kappa shape index (κ3) is 4.29. The Morgan fingerprint density at radius 3 is 3.04 bits per heavy atom. The monoisotopic (exact) mass is 364 g/mol. The zero-order chi connectivity index (χ0) is 17.8. The Labute approximate surface area is 151 Å². The SMILES string of the molecule is CCc1nc(C[C@H]2CN(C(=O)Nc3c(C)cccc3Cl)CCO2)no1. The number of aryl methyl sites for hydroxylation is 2. The number of benzene rings is 1. The summed E-state index contributed by atoms with van der Waals surface area (Å²) in [4.78, 5) is 18.6. The first-order valence-corrected chi connectivity index (χ1v) is 8.68. The first-order chi connectivity index (χ1) is 12.1. The number of ether oxygens (including phenoxy) is 1. The molecule has 0 saturated carbocycles. The van der Waals surface area contributed by atoms with Crippen LogP contribution in [-0.4, -0.2) is 46.9 Å². The molecule has 2 aromatic rings. The lowest BCUT2D eigenvalue weighted by molar-refractivity contribution is -0.0125.